The molecule has 0 bridgehead atoms. The molecule has 114 valence electrons. The van der Waals surface area contributed by atoms with Gasteiger partial charge in [0.15, 0.2) is 5.13 Å². The SMILES string of the molecule is CCc1nccn1CC1CN(c2nc3ccc(F)cc3s2)C1. The van der Waals surface area contributed by atoms with Crippen molar-refractivity contribution in [2.24, 2.45) is 5.92 Å². The molecular formula is C16H17FN4S. The van der Waals surface area contributed by atoms with Gasteiger partial charge in [0.25, 0.3) is 0 Å². The Hall–Kier alpha value is -1.95. The predicted octanol–water partition coefficient (Wildman–Crippen LogP) is 3.33. The second-order valence-electron chi connectivity index (χ2n) is 5.73. The minimum atomic E-state index is -0.198. The number of halogens is 1. The summed E-state index contributed by atoms with van der Waals surface area (Å²) in [6.45, 7) is 5.15. The number of aromatic nitrogens is 3. The van der Waals surface area contributed by atoms with Gasteiger partial charge in [-0.25, -0.2) is 14.4 Å². The van der Waals surface area contributed by atoms with E-state index in [1.165, 1.54) is 6.07 Å². The Labute approximate surface area is 132 Å². The maximum atomic E-state index is 13.2. The van der Waals surface area contributed by atoms with Gasteiger partial charge in [0, 0.05) is 44.4 Å². The van der Waals surface area contributed by atoms with Crippen LogP contribution in [-0.2, 0) is 13.0 Å². The summed E-state index contributed by atoms with van der Waals surface area (Å²) in [5.41, 5.74) is 0.882. The Morgan fingerprint density at radius 2 is 2.23 bits per heavy atom. The number of fused-ring (bicyclic) bond motifs is 1. The molecule has 0 N–H and O–H groups in total. The van der Waals surface area contributed by atoms with Gasteiger partial charge < -0.3 is 9.47 Å². The van der Waals surface area contributed by atoms with Crippen LogP contribution in [0.3, 0.4) is 0 Å². The Balaban J connectivity index is 1.43. The maximum absolute atomic E-state index is 13.2. The van der Waals surface area contributed by atoms with Crippen molar-refractivity contribution in [2.45, 2.75) is 19.9 Å². The number of imidazole rings is 1. The molecule has 0 spiro atoms. The molecule has 1 fully saturated rings. The van der Waals surface area contributed by atoms with Crippen LogP contribution in [-0.4, -0.2) is 27.6 Å². The zero-order valence-electron chi connectivity index (χ0n) is 12.4. The van der Waals surface area contributed by atoms with Gasteiger partial charge in [-0.2, -0.15) is 0 Å². The van der Waals surface area contributed by atoms with Crippen LogP contribution < -0.4 is 4.90 Å². The van der Waals surface area contributed by atoms with Crippen molar-refractivity contribution in [2.75, 3.05) is 18.0 Å². The van der Waals surface area contributed by atoms with E-state index < -0.39 is 0 Å². The number of hydrogen-bond donors (Lipinski definition) is 0. The molecule has 2 aromatic heterocycles. The molecular weight excluding hydrogens is 299 g/mol. The number of aryl methyl sites for hydroxylation is 1. The number of benzene rings is 1. The van der Waals surface area contributed by atoms with Gasteiger partial charge in [0.1, 0.15) is 11.6 Å². The Kier molecular flexibility index (Phi) is 3.33. The topological polar surface area (TPSA) is 34.0 Å². The average molecular weight is 316 g/mol. The van der Waals surface area contributed by atoms with E-state index in [1.807, 2.05) is 6.20 Å². The first-order chi connectivity index (χ1) is 10.7. The zero-order chi connectivity index (χ0) is 15.1. The third kappa shape index (κ3) is 2.37. The second kappa shape index (κ2) is 5.35. The lowest BCUT2D eigenvalue weighted by atomic mass is 10.0. The third-order valence-corrected chi connectivity index (χ3v) is 5.22. The minimum absolute atomic E-state index is 0.198. The molecule has 4 rings (SSSR count). The molecule has 0 atom stereocenters. The van der Waals surface area contributed by atoms with Crippen LogP contribution in [0.2, 0.25) is 0 Å². The first kappa shape index (κ1) is 13.7. The molecule has 1 aliphatic rings. The van der Waals surface area contributed by atoms with Gasteiger partial charge in [-0.1, -0.05) is 18.3 Å². The van der Waals surface area contributed by atoms with Crippen LogP contribution in [0.25, 0.3) is 10.2 Å². The quantitative estimate of drug-likeness (QED) is 0.740. The molecule has 22 heavy (non-hydrogen) atoms. The summed E-state index contributed by atoms with van der Waals surface area (Å²) in [6, 6.07) is 4.78. The lowest BCUT2D eigenvalue weighted by Crippen LogP contribution is -2.48. The van der Waals surface area contributed by atoms with Gasteiger partial charge in [0.2, 0.25) is 0 Å². The highest BCUT2D eigenvalue weighted by atomic mass is 32.1. The molecule has 3 heterocycles. The van der Waals surface area contributed by atoms with E-state index >= 15 is 0 Å². The van der Waals surface area contributed by atoms with E-state index in [9.17, 15) is 4.39 Å². The van der Waals surface area contributed by atoms with Crippen molar-refractivity contribution in [1.82, 2.24) is 14.5 Å². The van der Waals surface area contributed by atoms with Crippen LogP contribution >= 0.6 is 11.3 Å². The molecule has 3 aromatic rings. The lowest BCUT2D eigenvalue weighted by molar-refractivity contribution is 0.353. The largest absolute Gasteiger partial charge is 0.347 e. The summed E-state index contributed by atoms with van der Waals surface area (Å²) < 4.78 is 16.4. The van der Waals surface area contributed by atoms with Crippen LogP contribution in [0.15, 0.2) is 30.6 Å². The minimum Gasteiger partial charge on any atom is -0.347 e. The van der Waals surface area contributed by atoms with Crippen molar-refractivity contribution in [3.8, 4) is 0 Å². The molecule has 0 aliphatic carbocycles. The number of thiazole rings is 1. The molecule has 1 saturated heterocycles. The van der Waals surface area contributed by atoms with Gasteiger partial charge >= 0.3 is 0 Å². The summed E-state index contributed by atoms with van der Waals surface area (Å²) in [5.74, 6) is 1.58. The fraction of sp³-hybridized carbons (Fsp3) is 0.375. The Bertz CT molecular complexity index is 803. The monoisotopic (exact) mass is 316 g/mol. The number of rotatable bonds is 4. The average Bonchev–Trinajstić information content (AvgIpc) is 3.07. The van der Waals surface area contributed by atoms with Gasteiger partial charge in [-0.05, 0) is 18.2 Å². The molecule has 0 unspecified atom stereocenters. The van der Waals surface area contributed by atoms with Crippen LogP contribution in [0.4, 0.5) is 9.52 Å². The first-order valence-electron chi connectivity index (χ1n) is 7.54. The van der Waals surface area contributed by atoms with Crippen molar-refractivity contribution in [3.63, 3.8) is 0 Å². The van der Waals surface area contributed by atoms with E-state index in [1.54, 1.807) is 23.5 Å². The third-order valence-electron chi connectivity index (χ3n) is 4.14. The first-order valence-corrected chi connectivity index (χ1v) is 8.35. The summed E-state index contributed by atoms with van der Waals surface area (Å²) in [6.07, 6.45) is 4.90. The van der Waals surface area contributed by atoms with E-state index in [-0.39, 0.29) is 5.82 Å². The van der Waals surface area contributed by atoms with Gasteiger partial charge in [-0.15, -0.1) is 0 Å². The highest BCUT2D eigenvalue weighted by Gasteiger charge is 2.29. The Morgan fingerprint density at radius 1 is 1.36 bits per heavy atom. The molecule has 0 saturated carbocycles. The Morgan fingerprint density at radius 3 is 3.05 bits per heavy atom. The lowest BCUT2D eigenvalue weighted by Gasteiger charge is -2.39. The van der Waals surface area contributed by atoms with Gasteiger partial charge in [0.05, 0.1) is 10.2 Å². The standard InChI is InChI=1S/C16H17FN4S/c1-2-15-18-5-6-20(15)8-11-9-21(10-11)16-19-13-4-3-12(17)7-14(13)22-16/h3-7,11H,2,8-10H2,1H3. The number of nitrogens with zero attached hydrogens (tertiary/aromatic N) is 4. The number of anilines is 1. The van der Waals surface area contributed by atoms with E-state index in [0.717, 1.165) is 47.2 Å². The highest BCUT2D eigenvalue weighted by Crippen LogP contribution is 2.33. The molecule has 4 nitrogen and oxygen atoms in total. The normalized spacial score (nSPS) is 15.5. The van der Waals surface area contributed by atoms with E-state index in [4.69, 9.17) is 0 Å². The van der Waals surface area contributed by atoms with E-state index in [0.29, 0.717) is 5.92 Å². The molecule has 6 heteroatoms. The van der Waals surface area contributed by atoms with Gasteiger partial charge in [-0.3, -0.25) is 0 Å². The van der Waals surface area contributed by atoms with Crippen LogP contribution in [0, 0.1) is 11.7 Å². The molecule has 0 amide bonds. The number of hydrogen-bond acceptors (Lipinski definition) is 4. The van der Waals surface area contributed by atoms with Crippen LogP contribution in [0.5, 0.6) is 0 Å². The second-order valence-corrected chi connectivity index (χ2v) is 6.74. The smallest absolute Gasteiger partial charge is 0.186 e. The molecule has 0 radical (unpaired) electrons. The summed E-state index contributed by atoms with van der Waals surface area (Å²) in [7, 11) is 0. The fourth-order valence-corrected chi connectivity index (χ4v) is 3.97. The van der Waals surface area contributed by atoms with Crippen molar-refractivity contribution < 1.29 is 4.39 Å². The predicted molar refractivity (Wildman–Crippen MR) is 86.9 cm³/mol. The van der Waals surface area contributed by atoms with Crippen molar-refractivity contribution in [3.05, 3.63) is 42.2 Å². The maximum Gasteiger partial charge on any atom is 0.186 e. The molecule has 1 aliphatic heterocycles. The van der Waals surface area contributed by atoms with Crippen molar-refractivity contribution >= 4 is 26.7 Å². The molecule has 1 aromatic carbocycles. The highest BCUT2D eigenvalue weighted by molar-refractivity contribution is 7.22. The summed E-state index contributed by atoms with van der Waals surface area (Å²) >= 11 is 1.57. The summed E-state index contributed by atoms with van der Waals surface area (Å²) in [5, 5.41) is 0.998. The van der Waals surface area contributed by atoms with Crippen LogP contribution in [0.1, 0.15) is 12.7 Å². The van der Waals surface area contributed by atoms with Crippen molar-refractivity contribution in [1.29, 1.82) is 0 Å². The fourth-order valence-electron chi connectivity index (χ4n) is 2.96. The van der Waals surface area contributed by atoms with E-state index in [2.05, 4.69) is 32.6 Å². The zero-order valence-corrected chi connectivity index (χ0v) is 13.2. The summed E-state index contributed by atoms with van der Waals surface area (Å²) in [4.78, 5) is 11.2.